The fraction of sp³-hybridized carbons (Fsp3) is 0.217. The number of amides is 1. The molecule has 1 amide bonds. The zero-order chi connectivity index (χ0) is 23.2. The third kappa shape index (κ3) is 3.64. The number of aryl methyl sites for hydroxylation is 1. The molecule has 1 aromatic carbocycles. The van der Waals surface area contributed by atoms with E-state index in [0.29, 0.717) is 53.7 Å². The summed E-state index contributed by atoms with van der Waals surface area (Å²) in [6, 6.07) is 13.6. The van der Waals surface area contributed by atoms with E-state index in [1.54, 1.807) is 4.52 Å². The molecule has 34 heavy (non-hydrogen) atoms. The summed E-state index contributed by atoms with van der Waals surface area (Å²) in [6.45, 7) is 4.34. The van der Waals surface area contributed by atoms with Gasteiger partial charge in [0.2, 0.25) is 5.95 Å². The lowest BCUT2D eigenvalue weighted by atomic mass is 10.2. The number of thiophene rings is 1. The highest BCUT2D eigenvalue weighted by Gasteiger charge is 2.27. The molecular formula is C23H21ClN8OS. The zero-order valence-electron chi connectivity index (χ0n) is 18.3. The van der Waals surface area contributed by atoms with E-state index in [1.807, 2.05) is 60.5 Å². The van der Waals surface area contributed by atoms with Crippen molar-refractivity contribution in [1.29, 1.82) is 0 Å². The summed E-state index contributed by atoms with van der Waals surface area (Å²) < 4.78 is 2.83. The summed E-state index contributed by atoms with van der Waals surface area (Å²) in [4.78, 5) is 22.5. The van der Waals surface area contributed by atoms with Crippen molar-refractivity contribution in [3.8, 4) is 0 Å². The number of carbonyl (C=O) groups is 1. The number of aromatic amines is 1. The van der Waals surface area contributed by atoms with Crippen LogP contribution < -0.4 is 10.2 Å². The highest BCUT2D eigenvalue weighted by atomic mass is 35.5. The van der Waals surface area contributed by atoms with Crippen LogP contribution in [-0.2, 0) is 0 Å². The highest BCUT2D eigenvalue weighted by molar-refractivity contribution is 7.21. The molecule has 0 radical (unpaired) electrons. The first-order chi connectivity index (χ1) is 16.6. The van der Waals surface area contributed by atoms with Gasteiger partial charge in [0.05, 0.1) is 5.02 Å². The molecule has 0 bridgehead atoms. The number of carbonyl (C=O) groups excluding carboxylic acids is 1. The third-order valence-corrected chi connectivity index (χ3v) is 7.57. The quantitative estimate of drug-likeness (QED) is 0.387. The number of H-pyrrole nitrogens is 1. The molecule has 9 nitrogen and oxygen atoms in total. The summed E-state index contributed by atoms with van der Waals surface area (Å²) in [5.41, 5.74) is 1.82. The van der Waals surface area contributed by atoms with E-state index in [0.717, 1.165) is 21.3 Å². The van der Waals surface area contributed by atoms with E-state index in [1.165, 1.54) is 11.3 Å². The molecule has 2 N–H and O–H groups in total. The van der Waals surface area contributed by atoms with Gasteiger partial charge in [-0.3, -0.25) is 9.89 Å². The molecule has 1 aliphatic heterocycles. The number of fused-ring (bicyclic) bond motifs is 2. The topological polar surface area (TPSA) is 94.5 Å². The molecule has 1 saturated heterocycles. The third-order valence-electron chi connectivity index (χ3n) is 5.91. The SMILES string of the molecule is Cc1cc(Nc2nc(N3CCN(C(=O)c4sc5ccccc5c4Cl)CC3)nn3cccc23)n[nH]1. The van der Waals surface area contributed by atoms with Gasteiger partial charge in [0.1, 0.15) is 10.4 Å². The Labute approximate surface area is 204 Å². The van der Waals surface area contributed by atoms with Crippen LogP contribution in [0.25, 0.3) is 15.6 Å². The smallest absolute Gasteiger partial charge is 0.265 e. The number of benzene rings is 1. The van der Waals surface area contributed by atoms with E-state index in [2.05, 4.69) is 25.5 Å². The Morgan fingerprint density at radius 1 is 1.15 bits per heavy atom. The van der Waals surface area contributed by atoms with Crippen LogP contribution in [0.2, 0.25) is 5.02 Å². The predicted molar refractivity (Wildman–Crippen MR) is 135 cm³/mol. The van der Waals surface area contributed by atoms with Crippen molar-refractivity contribution in [1.82, 2.24) is 29.7 Å². The molecule has 0 atom stereocenters. The number of hydrogen-bond donors (Lipinski definition) is 2. The van der Waals surface area contributed by atoms with Gasteiger partial charge in [-0.2, -0.15) is 10.1 Å². The van der Waals surface area contributed by atoms with Gasteiger partial charge in [-0.1, -0.05) is 29.8 Å². The fourth-order valence-electron chi connectivity index (χ4n) is 4.16. The molecule has 0 saturated carbocycles. The molecule has 0 aliphatic carbocycles. The molecule has 6 rings (SSSR count). The lowest BCUT2D eigenvalue weighted by Gasteiger charge is -2.34. The molecule has 11 heteroatoms. The number of rotatable bonds is 4. The Balaban J connectivity index is 1.21. The van der Waals surface area contributed by atoms with Crippen molar-refractivity contribution in [2.45, 2.75) is 6.92 Å². The van der Waals surface area contributed by atoms with Crippen LogP contribution in [0.15, 0.2) is 48.7 Å². The number of nitrogens with one attached hydrogen (secondary N) is 2. The second kappa shape index (κ2) is 8.30. The molecule has 0 spiro atoms. The lowest BCUT2D eigenvalue weighted by Crippen LogP contribution is -2.49. The predicted octanol–water partition coefficient (Wildman–Crippen LogP) is 4.33. The van der Waals surface area contributed by atoms with Gasteiger partial charge in [0.15, 0.2) is 11.6 Å². The van der Waals surface area contributed by atoms with Gasteiger partial charge in [-0.25, -0.2) is 4.52 Å². The van der Waals surface area contributed by atoms with E-state index < -0.39 is 0 Å². The molecule has 172 valence electrons. The maximum absolute atomic E-state index is 13.2. The minimum absolute atomic E-state index is 0.0242. The van der Waals surface area contributed by atoms with Crippen LogP contribution in [0.5, 0.6) is 0 Å². The second-order valence-electron chi connectivity index (χ2n) is 8.18. The summed E-state index contributed by atoms with van der Waals surface area (Å²) in [5, 5.41) is 16.6. The van der Waals surface area contributed by atoms with Gasteiger partial charge in [0, 0.05) is 54.2 Å². The summed E-state index contributed by atoms with van der Waals surface area (Å²) >= 11 is 7.99. The Morgan fingerprint density at radius 2 is 1.97 bits per heavy atom. The molecule has 0 unspecified atom stereocenters. The van der Waals surface area contributed by atoms with E-state index in [-0.39, 0.29) is 5.91 Å². The number of hydrogen-bond acceptors (Lipinski definition) is 7. The second-order valence-corrected chi connectivity index (χ2v) is 9.61. The van der Waals surface area contributed by atoms with Gasteiger partial charge in [0.25, 0.3) is 5.91 Å². The lowest BCUT2D eigenvalue weighted by molar-refractivity contribution is 0.0751. The van der Waals surface area contributed by atoms with Crippen molar-refractivity contribution in [2.75, 3.05) is 36.4 Å². The Hall–Kier alpha value is -3.63. The Morgan fingerprint density at radius 3 is 2.74 bits per heavy atom. The van der Waals surface area contributed by atoms with Crippen molar-refractivity contribution in [3.05, 3.63) is 64.3 Å². The van der Waals surface area contributed by atoms with Crippen molar-refractivity contribution in [2.24, 2.45) is 0 Å². The number of nitrogens with zero attached hydrogens (tertiary/aromatic N) is 6. The van der Waals surface area contributed by atoms with Crippen LogP contribution in [0.4, 0.5) is 17.6 Å². The fourth-order valence-corrected chi connectivity index (χ4v) is 5.64. The van der Waals surface area contributed by atoms with Crippen molar-refractivity contribution < 1.29 is 4.79 Å². The van der Waals surface area contributed by atoms with E-state index in [9.17, 15) is 4.79 Å². The summed E-state index contributed by atoms with van der Waals surface area (Å²) in [5.74, 6) is 1.95. The average Bonchev–Trinajstić information content (AvgIpc) is 3.58. The molecular weight excluding hydrogens is 472 g/mol. The Kier molecular flexibility index (Phi) is 5.11. The largest absolute Gasteiger partial charge is 0.336 e. The minimum Gasteiger partial charge on any atom is -0.336 e. The first-order valence-corrected chi connectivity index (χ1v) is 12.1. The van der Waals surface area contributed by atoms with Crippen LogP contribution in [0.3, 0.4) is 0 Å². The van der Waals surface area contributed by atoms with E-state index in [4.69, 9.17) is 16.6 Å². The van der Waals surface area contributed by atoms with Gasteiger partial charge >= 0.3 is 0 Å². The number of anilines is 3. The van der Waals surface area contributed by atoms with Crippen molar-refractivity contribution >= 4 is 62.0 Å². The molecule has 1 aliphatic rings. The number of halogens is 1. The van der Waals surface area contributed by atoms with Crippen LogP contribution in [0, 0.1) is 6.92 Å². The first kappa shape index (κ1) is 20.9. The van der Waals surface area contributed by atoms with Crippen molar-refractivity contribution in [3.63, 3.8) is 0 Å². The average molecular weight is 493 g/mol. The monoisotopic (exact) mass is 492 g/mol. The van der Waals surface area contributed by atoms with Gasteiger partial charge in [-0.05, 0) is 25.1 Å². The summed E-state index contributed by atoms with van der Waals surface area (Å²) in [7, 11) is 0. The van der Waals surface area contributed by atoms with Crippen LogP contribution in [0.1, 0.15) is 15.4 Å². The molecule has 1 fully saturated rings. The number of piperazine rings is 1. The van der Waals surface area contributed by atoms with Gasteiger partial charge in [-0.15, -0.1) is 16.4 Å². The Bertz CT molecular complexity index is 1510. The number of aromatic nitrogens is 5. The van der Waals surface area contributed by atoms with Crippen LogP contribution in [-0.4, -0.2) is 61.8 Å². The zero-order valence-corrected chi connectivity index (χ0v) is 19.9. The summed E-state index contributed by atoms with van der Waals surface area (Å²) in [6.07, 6.45) is 1.89. The van der Waals surface area contributed by atoms with E-state index >= 15 is 0 Å². The minimum atomic E-state index is -0.0242. The maximum Gasteiger partial charge on any atom is 0.265 e. The standard InChI is InChI=1S/C23H21ClN8OS/c1-14-13-18(28-27-14)25-21-16-6-4-8-32(16)29-23(26-21)31-11-9-30(10-12-31)22(33)20-19(24)15-5-2-3-7-17(15)34-20/h2-8,13H,9-12H2,1H3,(H2,25,26,27,28,29). The molecule has 5 aromatic rings. The van der Waals surface area contributed by atoms with Crippen LogP contribution >= 0.6 is 22.9 Å². The molecule has 4 aromatic heterocycles. The maximum atomic E-state index is 13.2. The highest BCUT2D eigenvalue weighted by Crippen LogP contribution is 2.36. The van der Waals surface area contributed by atoms with Gasteiger partial charge < -0.3 is 15.1 Å². The molecule has 5 heterocycles. The first-order valence-electron chi connectivity index (χ1n) is 10.9. The normalized spacial score (nSPS) is 14.3.